The van der Waals surface area contributed by atoms with Gasteiger partial charge in [-0.05, 0) is 31.0 Å². The Bertz CT molecular complexity index is 626. The Hall–Kier alpha value is -1.51. The maximum absolute atomic E-state index is 13.7. The number of carbonyl (C=O) groups is 1. The van der Waals surface area contributed by atoms with Crippen LogP contribution in [0.5, 0.6) is 0 Å². The van der Waals surface area contributed by atoms with E-state index in [-0.39, 0.29) is 22.6 Å². The van der Waals surface area contributed by atoms with E-state index < -0.39 is 21.7 Å². The van der Waals surface area contributed by atoms with Crippen LogP contribution in [0.3, 0.4) is 0 Å². The van der Waals surface area contributed by atoms with Gasteiger partial charge in [0.2, 0.25) is 10.0 Å². The van der Waals surface area contributed by atoms with Gasteiger partial charge in [0.25, 0.3) is 5.91 Å². The molecule has 0 bridgehead atoms. The molecule has 1 aliphatic rings. The first kappa shape index (κ1) is 14.9. The second kappa shape index (κ2) is 5.47. The van der Waals surface area contributed by atoms with Gasteiger partial charge in [-0.3, -0.25) is 4.79 Å². The highest BCUT2D eigenvalue weighted by molar-refractivity contribution is 7.89. The summed E-state index contributed by atoms with van der Waals surface area (Å²) < 4.78 is 40.9. The molecule has 0 aliphatic heterocycles. The zero-order valence-corrected chi connectivity index (χ0v) is 11.6. The van der Waals surface area contributed by atoms with Crippen LogP contribution in [0.2, 0.25) is 0 Å². The third-order valence-corrected chi connectivity index (χ3v) is 4.19. The number of hydrogen-bond donors (Lipinski definition) is 2. The van der Waals surface area contributed by atoms with Crippen molar-refractivity contribution >= 4 is 15.9 Å². The van der Waals surface area contributed by atoms with E-state index in [1.165, 1.54) is 0 Å². The fourth-order valence-corrected chi connectivity index (χ4v) is 2.52. The lowest BCUT2D eigenvalue weighted by atomic mass is 9.89. The summed E-state index contributed by atoms with van der Waals surface area (Å²) in [4.78, 5) is 11.5. The molecule has 1 amide bonds. The lowest BCUT2D eigenvalue weighted by Crippen LogP contribution is -2.47. The fourth-order valence-electron chi connectivity index (χ4n) is 2.00. The van der Waals surface area contributed by atoms with Gasteiger partial charge in [-0.15, -0.1) is 0 Å². The number of primary sulfonamides is 1. The van der Waals surface area contributed by atoms with E-state index in [0.717, 1.165) is 18.2 Å². The Balaban J connectivity index is 2.08. The molecule has 110 valence electrons. The highest BCUT2D eigenvalue weighted by Crippen LogP contribution is 2.23. The molecule has 1 saturated carbocycles. The van der Waals surface area contributed by atoms with Gasteiger partial charge in [0.15, 0.2) is 0 Å². The van der Waals surface area contributed by atoms with Crippen molar-refractivity contribution < 1.29 is 22.3 Å². The van der Waals surface area contributed by atoms with E-state index in [1.54, 1.807) is 7.11 Å². The first-order valence-electron chi connectivity index (χ1n) is 5.97. The number of halogens is 1. The molecule has 0 aromatic heterocycles. The fraction of sp³-hybridized carbons (Fsp3) is 0.417. The van der Waals surface area contributed by atoms with Gasteiger partial charge in [0.05, 0.1) is 16.6 Å². The number of sulfonamides is 1. The second-order valence-electron chi connectivity index (χ2n) is 4.69. The van der Waals surface area contributed by atoms with Crippen molar-refractivity contribution in [3.05, 3.63) is 29.6 Å². The third-order valence-electron chi connectivity index (χ3n) is 3.28. The SMILES string of the molecule is COC1CC(NC(=O)c2ccc(S(N)(=O)=O)cc2F)C1. The number of nitrogens with one attached hydrogen (secondary N) is 1. The molecule has 0 saturated heterocycles. The van der Waals surface area contributed by atoms with Crippen LogP contribution in [0.4, 0.5) is 4.39 Å². The van der Waals surface area contributed by atoms with E-state index in [4.69, 9.17) is 9.88 Å². The Kier molecular flexibility index (Phi) is 4.07. The molecule has 20 heavy (non-hydrogen) atoms. The molecule has 0 heterocycles. The van der Waals surface area contributed by atoms with Crippen molar-refractivity contribution in [1.29, 1.82) is 0 Å². The molecule has 2 rings (SSSR count). The molecule has 3 N–H and O–H groups in total. The van der Waals surface area contributed by atoms with Crippen molar-refractivity contribution in [2.75, 3.05) is 7.11 Å². The predicted molar refractivity (Wildman–Crippen MR) is 69.1 cm³/mol. The van der Waals surface area contributed by atoms with E-state index in [9.17, 15) is 17.6 Å². The minimum absolute atomic E-state index is 0.0511. The smallest absolute Gasteiger partial charge is 0.254 e. The number of benzene rings is 1. The summed E-state index contributed by atoms with van der Waals surface area (Å²) in [6.45, 7) is 0. The first-order valence-corrected chi connectivity index (χ1v) is 7.52. The summed E-state index contributed by atoms with van der Waals surface area (Å²) in [6.07, 6.45) is 1.48. The maximum atomic E-state index is 13.7. The highest BCUT2D eigenvalue weighted by Gasteiger charge is 2.30. The third kappa shape index (κ3) is 3.14. The monoisotopic (exact) mass is 302 g/mol. The van der Waals surface area contributed by atoms with Crippen molar-refractivity contribution in [1.82, 2.24) is 5.32 Å². The number of ether oxygens (including phenoxy) is 1. The number of carbonyl (C=O) groups excluding carboxylic acids is 1. The first-order chi connectivity index (χ1) is 9.31. The molecule has 1 aliphatic carbocycles. The van der Waals surface area contributed by atoms with Gasteiger partial charge in [-0.2, -0.15) is 0 Å². The van der Waals surface area contributed by atoms with Gasteiger partial charge in [-0.1, -0.05) is 0 Å². The second-order valence-corrected chi connectivity index (χ2v) is 6.25. The number of hydrogen-bond acceptors (Lipinski definition) is 4. The molecule has 0 radical (unpaired) electrons. The standard InChI is InChI=1S/C12H15FN2O4S/c1-19-8-4-7(5-8)15-12(16)10-3-2-9(6-11(10)13)20(14,17)18/h2-3,6-8H,4-5H2,1H3,(H,15,16)(H2,14,17,18). The molecule has 0 spiro atoms. The largest absolute Gasteiger partial charge is 0.381 e. The molecule has 6 nitrogen and oxygen atoms in total. The lowest BCUT2D eigenvalue weighted by molar-refractivity contribution is 0.0175. The topological polar surface area (TPSA) is 98.5 Å². The van der Waals surface area contributed by atoms with Gasteiger partial charge in [0.1, 0.15) is 5.82 Å². The number of methoxy groups -OCH3 is 1. The van der Waals surface area contributed by atoms with E-state index in [0.29, 0.717) is 12.8 Å². The Morgan fingerprint density at radius 2 is 2.10 bits per heavy atom. The van der Waals surface area contributed by atoms with Crippen LogP contribution in [-0.2, 0) is 14.8 Å². The lowest BCUT2D eigenvalue weighted by Gasteiger charge is -2.34. The van der Waals surface area contributed by atoms with Gasteiger partial charge < -0.3 is 10.1 Å². The molecular weight excluding hydrogens is 287 g/mol. The summed E-state index contributed by atoms with van der Waals surface area (Å²) in [5.74, 6) is -1.50. The quantitative estimate of drug-likeness (QED) is 0.840. The van der Waals surface area contributed by atoms with Crippen LogP contribution in [0.1, 0.15) is 23.2 Å². The summed E-state index contributed by atoms with van der Waals surface area (Å²) in [7, 11) is -2.39. The summed E-state index contributed by atoms with van der Waals surface area (Å²) >= 11 is 0. The van der Waals surface area contributed by atoms with Crippen LogP contribution in [-0.4, -0.2) is 33.6 Å². The van der Waals surface area contributed by atoms with Gasteiger partial charge >= 0.3 is 0 Å². The van der Waals surface area contributed by atoms with Crippen molar-refractivity contribution in [2.24, 2.45) is 5.14 Å². The van der Waals surface area contributed by atoms with Crippen LogP contribution in [0, 0.1) is 5.82 Å². The van der Waals surface area contributed by atoms with Gasteiger partial charge in [-0.25, -0.2) is 17.9 Å². The van der Waals surface area contributed by atoms with Crippen LogP contribution in [0.15, 0.2) is 23.1 Å². The van der Waals surface area contributed by atoms with Crippen molar-refractivity contribution in [2.45, 2.75) is 29.9 Å². The van der Waals surface area contributed by atoms with E-state index >= 15 is 0 Å². The predicted octanol–water partition coefficient (Wildman–Crippen LogP) is 0.380. The molecule has 1 fully saturated rings. The maximum Gasteiger partial charge on any atom is 0.254 e. The summed E-state index contributed by atoms with van der Waals surface area (Å²) in [6, 6.07) is 2.90. The summed E-state index contributed by atoms with van der Waals surface area (Å²) in [5, 5.41) is 7.54. The van der Waals surface area contributed by atoms with Crippen LogP contribution >= 0.6 is 0 Å². The van der Waals surface area contributed by atoms with Crippen molar-refractivity contribution in [3.8, 4) is 0 Å². The van der Waals surface area contributed by atoms with Crippen LogP contribution in [0.25, 0.3) is 0 Å². The molecular formula is C12H15FN2O4S. The normalized spacial score (nSPS) is 22.1. The minimum atomic E-state index is -3.98. The Morgan fingerprint density at radius 1 is 1.45 bits per heavy atom. The van der Waals surface area contributed by atoms with E-state index in [2.05, 4.69) is 5.32 Å². The zero-order valence-electron chi connectivity index (χ0n) is 10.8. The zero-order chi connectivity index (χ0) is 14.9. The Morgan fingerprint density at radius 3 is 2.60 bits per heavy atom. The van der Waals surface area contributed by atoms with Crippen molar-refractivity contribution in [3.63, 3.8) is 0 Å². The average molecular weight is 302 g/mol. The average Bonchev–Trinajstić information content (AvgIpc) is 2.31. The number of amides is 1. The van der Waals surface area contributed by atoms with E-state index in [1.807, 2.05) is 0 Å². The minimum Gasteiger partial charge on any atom is -0.381 e. The Labute approximate surface area is 116 Å². The number of nitrogens with two attached hydrogens (primary N) is 1. The van der Waals surface area contributed by atoms with Crippen LogP contribution < -0.4 is 10.5 Å². The van der Waals surface area contributed by atoms with Gasteiger partial charge in [0, 0.05) is 13.2 Å². The molecule has 1 aromatic rings. The molecule has 1 aromatic carbocycles. The molecule has 8 heteroatoms. The molecule has 0 atom stereocenters. The highest BCUT2D eigenvalue weighted by atomic mass is 32.2. The number of rotatable bonds is 4. The molecule has 0 unspecified atom stereocenters. The summed E-state index contributed by atoms with van der Waals surface area (Å²) in [5.41, 5.74) is -0.210.